The first-order valence-electron chi connectivity index (χ1n) is 9.52. The summed E-state index contributed by atoms with van der Waals surface area (Å²) in [6.07, 6.45) is 1.12. The Morgan fingerprint density at radius 1 is 1.18 bits per heavy atom. The largest absolute Gasteiger partial charge is 0.494 e. The Labute approximate surface area is 164 Å². The van der Waals surface area contributed by atoms with Crippen molar-refractivity contribution in [1.82, 2.24) is 0 Å². The molecule has 3 rings (SSSR count). The molecule has 2 aromatic carbocycles. The van der Waals surface area contributed by atoms with Gasteiger partial charge in [0, 0.05) is 24.3 Å². The third kappa shape index (κ3) is 5.09. The predicted molar refractivity (Wildman–Crippen MR) is 107 cm³/mol. The molecule has 2 amide bonds. The highest BCUT2D eigenvalue weighted by Gasteiger charge is 2.35. The van der Waals surface area contributed by atoms with Crippen molar-refractivity contribution in [3.63, 3.8) is 0 Å². The van der Waals surface area contributed by atoms with E-state index in [9.17, 15) is 14.0 Å². The Kier molecular flexibility index (Phi) is 6.29. The van der Waals surface area contributed by atoms with Crippen LogP contribution >= 0.6 is 0 Å². The normalized spacial score (nSPS) is 16.5. The monoisotopic (exact) mass is 384 g/mol. The highest BCUT2D eigenvalue weighted by Crippen LogP contribution is 2.26. The summed E-state index contributed by atoms with van der Waals surface area (Å²) >= 11 is 0. The van der Waals surface area contributed by atoms with E-state index in [1.54, 1.807) is 24.3 Å². The number of carbonyl (C=O) groups excluding carboxylic acids is 2. The number of nitrogens with zero attached hydrogens (tertiary/aromatic N) is 1. The van der Waals surface area contributed by atoms with Gasteiger partial charge in [-0.3, -0.25) is 9.59 Å². The average Bonchev–Trinajstić information content (AvgIpc) is 3.05. The minimum atomic E-state index is -0.445. The number of ether oxygens (including phenoxy) is 1. The van der Waals surface area contributed by atoms with E-state index in [1.165, 1.54) is 17.0 Å². The second-order valence-corrected chi connectivity index (χ2v) is 7.43. The quantitative estimate of drug-likeness (QED) is 0.777. The smallest absolute Gasteiger partial charge is 0.229 e. The number of halogens is 1. The fourth-order valence-corrected chi connectivity index (χ4v) is 3.05. The molecule has 0 spiro atoms. The first kappa shape index (κ1) is 19.9. The van der Waals surface area contributed by atoms with E-state index < -0.39 is 5.92 Å². The van der Waals surface area contributed by atoms with Gasteiger partial charge in [0.1, 0.15) is 11.6 Å². The van der Waals surface area contributed by atoms with Gasteiger partial charge >= 0.3 is 0 Å². The minimum Gasteiger partial charge on any atom is -0.494 e. The van der Waals surface area contributed by atoms with Crippen molar-refractivity contribution < 1.29 is 18.7 Å². The van der Waals surface area contributed by atoms with Gasteiger partial charge in [-0.25, -0.2) is 4.39 Å². The highest BCUT2D eigenvalue weighted by atomic mass is 19.1. The maximum atomic E-state index is 13.1. The molecular formula is C22H25FN2O3. The third-order valence-electron chi connectivity index (χ3n) is 4.72. The van der Waals surface area contributed by atoms with Gasteiger partial charge in [-0.2, -0.15) is 0 Å². The number of benzene rings is 2. The van der Waals surface area contributed by atoms with Gasteiger partial charge in [0.25, 0.3) is 0 Å². The summed E-state index contributed by atoms with van der Waals surface area (Å²) in [5.41, 5.74) is 1.26. The summed E-state index contributed by atoms with van der Waals surface area (Å²) in [4.78, 5) is 26.3. The van der Waals surface area contributed by atoms with Gasteiger partial charge in [0.15, 0.2) is 0 Å². The van der Waals surface area contributed by atoms with Crippen LogP contribution in [0.15, 0.2) is 48.5 Å². The Bertz CT molecular complexity index is 819. The molecule has 0 aliphatic carbocycles. The van der Waals surface area contributed by atoms with Crippen molar-refractivity contribution in [2.75, 3.05) is 23.4 Å². The second-order valence-electron chi connectivity index (χ2n) is 7.43. The number of carbonyl (C=O) groups is 2. The molecule has 1 fully saturated rings. The predicted octanol–water partition coefficient (Wildman–Crippen LogP) is 4.24. The van der Waals surface area contributed by atoms with Gasteiger partial charge in [0.05, 0.1) is 12.5 Å². The number of nitrogens with one attached hydrogen (secondary N) is 1. The van der Waals surface area contributed by atoms with Gasteiger partial charge in [-0.05, 0) is 60.9 Å². The average molecular weight is 384 g/mol. The van der Waals surface area contributed by atoms with E-state index in [1.807, 2.05) is 12.1 Å². The highest BCUT2D eigenvalue weighted by molar-refractivity contribution is 6.03. The molecule has 1 N–H and O–H groups in total. The standard InChI is InChI=1S/C22H25FN2O3/c1-15(2)11-12-28-20-9-5-18(6-10-20)24-22(27)16-13-21(26)25(14-16)19-7-3-17(23)4-8-19/h3-10,15-16H,11-14H2,1-2H3,(H,24,27)/t16-/m1/s1. The molecule has 2 aromatic rings. The number of hydrogen-bond donors (Lipinski definition) is 1. The molecule has 1 saturated heterocycles. The molecular weight excluding hydrogens is 359 g/mol. The summed E-state index contributed by atoms with van der Waals surface area (Å²) in [7, 11) is 0. The number of rotatable bonds is 7. The van der Waals surface area contributed by atoms with E-state index >= 15 is 0 Å². The number of anilines is 2. The molecule has 6 heteroatoms. The molecule has 1 atom stereocenters. The van der Waals surface area contributed by atoms with Gasteiger partial charge < -0.3 is 15.0 Å². The number of hydrogen-bond acceptors (Lipinski definition) is 3. The lowest BCUT2D eigenvalue weighted by molar-refractivity contribution is -0.122. The van der Waals surface area contributed by atoms with Crippen molar-refractivity contribution in [2.24, 2.45) is 11.8 Å². The van der Waals surface area contributed by atoms with Crippen LogP contribution in [0.3, 0.4) is 0 Å². The van der Waals surface area contributed by atoms with Crippen molar-refractivity contribution in [1.29, 1.82) is 0 Å². The molecule has 1 aliphatic heterocycles. The lowest BCUT2D eigenvalue weighted by Crippen LogP contribution is -2.28. The summed E-state index contributed by atoms with van der Waals surface area (Å²) in [6, 6.07) is 12.9. The maximum Gasteiger partial charge on any atom is 0.229 e. The first-order valence-corrected chi connectivity index (χ1v) is 9.52. The zero-order valence-corrected chi connectivity index (χ0v) is 16.2. The van der Waals surface area contributed by atoms with Crippen LogP contribution in [-0.2, 0) is 9.59 Å². The molecule has 0 aromatic heterocycles. The summed E-state index contributed by atoms with van der Waals surface area (Å²) < 4.78 is 18.7. The zero-order valence-electron chi connectivity index (χ0n) is 16.2. The Hall–Kier alpha value is -2.89. The molecule has 5 nitrogen and oxygen atoms in total. The van der Waals surface area contributed by atoms with E-state index in [0.29, 0.717) is 23.9 Å². The Morgan fingerprint density at radius 3 is 2.50 bits per heavy atom. The second kappa shape index (κ2) is 8.87. The van der Waals surface area contributed by atoms with E-state index in [0.717, 1.165) is 12.2 Å². The van der Waals surface area contributed by atoms with Gasteiger partial charge in [-0.1, -0.05) is 13.8 Å². The van der Waals surface area contributed by atoms with Crippen LogP contribution in [0.4, 0.5) is 15.8 Å². The minimum absolute atomic E-state index is 0.138. The van der Waals surface area contributed by atoms with Crippen LogP contribution in [0.25, 0.3) is 0 Å². The first-order chi connectivity index (χ1) is 13.4. The van der Waals surface area contributed by atoms with Crippen LogP contribution in [0, 0.1) is 17.7 Å². The van der Waals surface area contributed by atoms with Crippen molar-refractivity contribution >= 4 is 23.2 Å². The van der Waals surface area contributed by atoms with Crippen LogP contribution in [-0.4, -0.2) is 25.0 Å². The third-order valence-corrected chi connectivity index (χ3v) is 4.72. The molecule has 0 bridgehead atoms. The molecule has 0 radical (unpaired) electrons. The lowest BCUT2D eigenvalue weighted by atomic mass is 10.1. The van der Waals surface area contributed by atoms with Crippen molar-refractivity contribution in [3.8, 4) is 5.75 Å². The van der Waals surface area contributed by atoms with Crippen LogP contribution in [0.1, 0.15) is 26.7 Å². The lowest BCUT2D eigenvalue weighted by Gasteiger charge is -2.16. The molecule has 1 aliphatic rings. The van der Waals surface area contributed by atoms with E-state index in [4.69, 9.17) is 4.74 Å². The summed E-state index contributed by atoms with van der Waals surface area (Å²) in [5, 5.41) is 2.85. The molecule has 148 valence electrons. The van der Waals surface area contributed by atoms with Crippen molar-refractivity contribution in [2.45, 2.75) is 26.7 Å². The van der Waals surface area contributed by atoms with Crippen LogP contribution in [0.5, 0.6) is 5.75 Å². The van der Waals surface area contributed by atoms with E-state index in [-0.39, 0.29) is 30.6 Å². The summed E-state index contributed by atoms with van der Waals surface area (Å²) in [6.45, 7) is 5.24. The maximum absolute atomic E-state index is 13.1. The topological polar surface area (TPSA) is 58.6 Å². The summed E-state index contributed by atoms with van der Waals surface area (Å²) in [5.74, 6) is 0.201. The van der Waals surface area contributed by atoms with Crippen LogP contribution < -0.4 is 15.0 Å². The molecule has 0 unspecified atom stereocenters. The van der Waals surface area contributed by atoms with Crippen molar-refractivity contribution in [3.05, 3.63) is 54.3 Å². The fourth-order valence-electron chi connectivity index (χ4n) is 3.05. The zero-order chi connectivity index (χ0) is 20.1. The SMILES string of the molecule is CC(C)CCOc1ccc(NC(=O)[C@@H]2CC(=O)N(c3ccc(F)cc3)C2)cc1. The Morgan fingerprint density at radius 2 is 1.86 bits per heavy atom. The molecule has 1 heterocycles. The van der Waals surface area contributed by atoms with Gasteiger partial charge in [0.2, 0.25) is 11.8 Å². The molecule has 0 saturated carbocycles. The molecule has 28 heavy (non-hydrogen) atoms. The van der Waals surface area contributed by atoms with Crippen LogP contribution in [0.2, 0.25) is 0 Å². The Balaban J connectivity index is 1.54. The van der Waals surface area contributed by atoms with Gasteiger partial charge in [-0.15, -0.1) is 0 Å². The fraction of sp³-hybridized carbons (Fsp3) is 0.364. The van der Waals surface area contributed by atoms with E-state index in [2.05, 4.69) is 19.2 Å². The number of amides is 2.